The molecular formula is C24H24F3N5O3. The molecule has 0 saturated heterocycles. The molecule has 0 spiro atoms. The van der Waals surface area contributed by atoms with E-state index in [1.54, 1.807) is 13.8 Å². The fourth-order valence-corrected chi connectivity index (χ4v) is 3.26. The number of ether oxygens (including phenoxy) is 1. The van der Waals surface area contributed by atoms with Crippen molar-refractivity contribution in [2.24, 2.45) is 11.8 Å². The number of hydrogen-bond donors (Lipinski definition) is 2. The lowest BCUT2D eigenvalue weighted by Crippen LogP contribution is -2.27. The second-order valence-electron chi connectivity index (χ2n) is 8.73. The number of halogens is 3. The zero-order valence-electron chi connectivity index (χ0n) is 19.1. The molecule has 8 nitrogen and oxygen atoms in total. The average molecular weight is 487 g/mol. The van der Waals surface area contributed by atoms with Gasteiger partial charge in [-0.05, 0) is 36.5 Å². The van der Waals surface area contributed by atoms with Gasteiger partial charge in [0.05, 0.1) is 24.6 Å². The van der Waals surface area contributed by atoms with Crippen LogP contribution in [0.5, 0.6) is 5.75 Å². The van der Waals surface area contributed by atoms with Gasteiger partial charge in [0.25, 0.3) is 5.56 Å². The number of alkyl halides is 3. The lowest BCUT2D eigenvalue weighted by Gasteiger charge is -2.15. The second kappa shape index (κ2) is 9.85. The number of benzene rings is 1. The summed E-state index contributed by atoms with van der Waals surface area (Å²) in [5.41, 5.74) is -1.51. The summed E-state index contributed by atoms with van der Waals surface area (Å²) in [4.78, 5) is 39.1. The zero-order valence-corrected chi connectivity index (χ0v) is 19.1. The molecule has 4 rings (SSSR count). The van der Waals surface area contributed by atoms with Crippen LogP contribution in [0.1, 0.15) is 37.8 Å². The summed E-state index contributed by atoms with van der Waals surface area (Å²) >= 11 is 0. The van der Waals surface area contributed by atoms with Gasteiger partial charge in [0, 0.05) is 24.1 Å². The third kappa shape index (κ3) is 6.23. The maximum Gasteiger partial charge on any atom is 0.417 e. The van der Waals surface area contributed by atoms with E-state index in [0.717, 1.165) is 25.0 Å². The summed E-state index contributed by atoms with van der Waals surface area (Å²) in [5.74, 6) is 0.287. The van der Waals surface area contributed by atoms with Gasteiger partial charge in [-0.3, -0.25) is 9.59 Å². The highest BCUT2D eigenvalue weighted by atomic mass is 19.4. The van der Waals surface area contributed by atoms with E-state index >= 15 is 0 Å². The molecule has 1 amide bonds. The predicted octanol–water partition coefficient (Wildman–Crippen LogP) is 3.97. The van der Waals surface area contributed by atoms with Crippen LogP contribution in [-0.4, -0.2) is 32.4 Å². The molecule has 11 heteroatoms. The van der Waals surface area contributed by atoms with E-state index in [1.807, 2.05) is 0 Å². The summed E-state index contributed by atoms with van der Waals surface area (Å²) in [6.07, 6.45) is 0.437. The number of aromatic amines is 1. The van der Waals surface area contributed by atoms with Crippen LogP contribution in [0.2, 0.25) is 0 Å². The maximum absolute atomic E-state index is 13.8. The van der Waals surface area contributed by atoms with Crippen LogP contribution in [0.3, 0.4) is 0 Å². The fraction of sp³-hybridized carbons (Fsp3) is 0.375. The Labute approximate surface area is 199 Å². The summed E-state index contributed by atoms with van der Waals surface area (Å²) in [5, 5.41) is 2.67. The molecule has 2 heterocycles. The van der Waals surface area contributed by atoms with Crippen molar-refractivity contribution in [3.8, 4) is 28.7 Å². The Balaban J connectivity index is 1.67. The molecular weight excluding hydrogens is 463 g/mol. The van der Waals surface area contributed by atoms with Gasteiger partial charge in [-0.15, -0.1) is 0 Å². The first-order valence-corrected chi connectivity index (χ1v) is 11.1. The predicted molar refractivity (Wildman–Crippen MR) is 121 cm³/mol. The molecule has 1 fully saturated rings. The number of H-pyrrole nitrogens is 1. The largest absolute Gasteiger partial charge is 0.490 e. The van der Waals surface area contributed by atoms with Gasteiger partial charge in [-0.2, -0.15) is 13.2 Å². The molecule has 3 aromatic rings. The van der Waals surface area contributed by atoms with Gasteiger partial charge in [0.1, 0.15) is 11.5 Å². The number of aromatic nitrogens is 4. The van der Waals surface area contributed by atoms with E-state index in [0.29, 0.717) is 23.8 Å². The Bertz CT molecular complexity index is 1270. The van der Waals surface area contributed by atoms with Crippen molar-refractivity contribution in [3.05, 3.63) is 58.1 Å². The molecule has 1 aromatic carbocycles. The minimum Gasteiger partial charge on any atom is -0.490 e. The average Bonchev–Trinajstić information content (AvgIpc) is 3.65. The first kappa shape index (κ1) is 24.4. The Morgan fingerprint density at radius 1 is 1.20 bits per heavy atom. The number of carbonyl (C=O) groups excluding carboxylic acids is 1. The van der Waals surface area contributed by atoms with Crippen molar-refractivity contribution in [3.63, 3.8) is 0 Å². The van der Waals surface area contributed by atoms with Crippen LogP contribution in [-0.2, 0) is 17.5 Å². The van der Waals surface area contributed by atoms with Crippen LogP contribution in [0.25, 0.3) is 22.9 Å². The highest BCUT2D eigenvalue weighted by Gasteiger charge is 2.34. The summed E-state index contributed by atoms with van der Waals surface area (Å²) in [6.45, 7) is 4.02. The molecule has 1 saturated carbocycles. The Morgan fingerprint density at radius 3 is 2.54 bits per heavy atom. The van der Waals surface area contributed by atoms with Gasteiger partial charge < -0.3 is 15.0 Å². The second-order valence-corrected chi connectivity index (χ2v) is 8.73. The Morgan fingerprint density at radius 2 is 1.91 bits per heavy atom. The first-order chi connectivity index (χ1) is 16.6. The van der Waals surface area contributed by atoms with Gasteiger partial charge in [0.15, 0.2) is 11.6 Å². The lowest BCUT2D eigenvalue weighted by atomic mass is 10.0. The zero-order chi connectivity index (χ0) is 25.2. The number of nitrogens with zero attached hydrogens (tertiary/aromatic N) is 3. The minimum absolute atomic E-state index is 0.0177. The summed E-state index contributed by atoms with van der Waals surface area (Å²) in [7, 11) is 0. The van der Waals surface area contributed by atoms with Crippen molar-refractivity contribution < 1.29 is 22.7 Å². The van der Waals surface area contributed by atoms with Crippen molar-refractivity contribution in [2.45, 2.75) is 39.4 Å². The molecule has 0 atom stereocenters. The monoisotopic (exact) mass is 487 g/mol. The first-order valence-electron chi connectivity index (χ1n) is 11.1. The Kier molecular flexibility index (Phi) is 6.86. The highest BCUT2D eigenvalue weighted by Crippen LogP contribution is 2.36. The number of rotatable bonds is 8. The van der Waals surface area contributed by atoms with Crippen molar-refractivity contribution >= 4 is 5.91 Å². The van der Waals surface area contributed by atoms with Gasteiger partial charge in [0.2, 0.25) is 5.91 Å². The highest BCUT2D eigenvalue weighted by molar-refractivity contribution is 5.77. The summed E-state index contributed by atoms with van der Waals surface area (Å²) in [6, 6.07) is 4.55. The van der Waals surface area contributed by atoms with E-state index < -0.39 is 17.3 Å². The van der Waals surface area contributed by atoms with Crippen LogP contribution < -0.4 is 15.6 Å². The molecule has 1 aliphatic carbocycles. The van der Waals surface area contributed by atoms with E-state index in [9.17, 15) is 22.8 Å². The van der Waals surface area contributed by atoms with Crippen LogP contribution in [0, 0.1) is 11.8 Å². The molecule has 1 aliphatic rings. The van der Waals surface area contributed by atoms with Crippen LogP contribution >= 0.6 is 0 Å². The lowest BCUT2D eigenvalue weighted by molar-refractivity contribution is -0.137. The summed E-state index contributed by atoms with van der Waals surface area (Å²) < 4.78 is 46.9. The molecule has 35 heavy (non-hydrogen) atoms. The number of nitrogens with one attached hydrogen (secondary N) is 2. The minimum atomic E-state index is -4.69. The normalized spacial score (nSPS) is 13.7. The van der Waals surface area contributed by atoms with E-state index in [1.165, 1.54) is 24.5 Å². The van der Waals surface area contributed by atoms with Gasteiger partial charge in [-0.25, -0.2) is 15.0 Å². The van der Waals surface area contributed by atoms with E-state index in [2.05, 4.69) is 25.3 Å². The number of amides is 1. The third-order valence-corrected chi connectivity index (χ3v) is 5.42. The quantitative estimate of drug-likeness (QED) is 0.498. The maximum atomic E-state index is 13.8. The third-order valence-electron chi connectivity index (χ3n) is 5.42. The van der Waals surface area contributed by atoms with Gasteiger partial charge in [-0.1, -0.05) is 19.9 Å². The molecule has 184 valence electrons. The Hall–Kier alpha value is -3.76. The molecule has 0 aliphatic heterocycles. The molecule has 0 radical (unpaired) electrons. The van der Waals surface area contributed by atoms with E-state index in [4.69, 9.17) is 4.74 Å². The van der Waals surface area contributed by atoms with Crippen molar-refractivity contribution in [2.75, 3.05) is 6.61 Å². The van der Waals surface area contributed by atoms with Crippen LogP contribution in [0.4, 0.5) is 13.2 Å². The fourth-order valence-electron chi connectivity index (χ4n) is 3.26. The van der Waals surface area contributed by atoms with Crippen molar-refractivity contribution in [1.82, 2.24) is 25.3 Å². The number of carbonyl (C=O) groups is 1. The molecule has 2 N–H and O–H groups in total. The smallest absolute Gasteiger partial charge is 0.417 e. The standard InChI is InChI=1S/C24H24F3N5O3/c1-13(2)23(34)30-9-15-5-6-18(24(25,26)27)17(7-15)21-31-19(8-20(33)32-21)22-28-10-16(11-29-22)35-12-14-3-4-14/h5-8,10-11,13-14H,3-4,9,12H2,1-2H3,(H,30,34)(H,31,32,33). The molecule has 0 bridgehead atoms. The number of hydrogen-bond acceptors (Lipinski definition) is 6. The topological polar surface area (TPSA) is 110 Å². The van der Waals surface area contributed by atoms with Crippen LogP contribution in [0.15, 0.2) is 41.5 Å². The van der Waals surface area contributed by atoms with Gasteiger partial charge >= 0.3 is 6.18 Å². The molecule has 0 unspecified atom stereocenters. The van der Waals surface area contributed by atoms with E-state index in [-0.39, 0.29) is 41.3 Å². The van der Waals surface area contributed by atoms with Crippen molar-refractivity contribution in [1.29, 1.82) is 0 Å². The molecule has 2 aromatic heterocycles. The SMILES string of the molecule is CC(C)C(=O)NCc1ccc(C(F)(F)F)c(-c2nc(-c3ncc(OCC4CC4)cn3)cc(=O)[nH]2)c1.